The number of nitrogens with zero attached hydrogens (tertiary/aromatic N) is 1. The number of ether oxygens (including phenoxy) is 3. The first-order valence-corrected chi connectivity index (χ1v) is 12.1. The lowest BCUT2D eigenvalue weighted by Gasteiger charge is -2.26. The number of benzene rings is 2. The second kappa shape index (κ2) is 11.4. The molecular weight excluding hydrogens is 402 g/mol. The molecule has 5 nitrogen and oxygen atoms in total. The Morgan fingerprint density at radius 2 is 1.53 bits per heavy atom. The summed E-state index contributed by atoms with van der Waals surface area (Å²) in [7, 11) is 0. The predicted molar refractivity (Wildman–Crippen MR) is 126 cm³/mol. The van der Waals surface area contributed by atoms with Gasteiger partial charge in [-0.1, -0.05) is 25.7 Å². The lowest BCUT2D eigenvalue weighted by Crippen LogP contribution is -2.33. The van der Waals surface area contributed by atoms with E-state index in [-0.39, 0.29) is 5.97 Å². The van der Waals surface area contributed by atoms with Gasteiger partial charge in [-0.2, -0.15) is 0 Å². The zero-order valence-corrected chi connectivity index (χ0v) is 19.2. The molecule has 1 aliphatic carbocycles. The maximum Gasteiger partial charge on any atom is 0.308 e. The Morgan fingerprint density at radius 1 is 0.875 bits per heavy atom. The second-order valence-corrected chi connectivity index (χ2v) is 8.95. The van der Waals surface area contributed by atoms with Gasteiger partial charge in [-0.15, -0.1) is 0 Å². The molecule has 0 unspecified atom stereocenters. The smallest absolute Gasteiger partial charge is 0.308 e. The van der Waals surface area contributed by atoms with Crippen LogP contribution in [-0.2, 0) is 4.79 Å². The van der Waals surface area contributed by atoms with Crippen LogP contribution in [0.15, 0.2) is 42.5 Å². The number of hydrogen-bond acceptors (Lipinski definition) is 5. The van der Waals surface area contributed by atoms with Crippen molar-refractivity contribution in [3.8, 4) is 23.0 Å². The van der Waals surface area contributed by atoms with E-state index in [1.165, 1.54) is 58.5 Å². The van der Waals surface area contributed by atoms with Gasteiger partial charge in [0.25, 0.3) is 0 Å². The molecule has 2 aliphatic rings. The van der Waals surface area contributed by atoms with Gasteiger partial charge in [0.15, 0.2) is 0 Å². The number of carbonyl (C=O) groups is 1. The van der Waals surface area contributed by atoms with Gasteiger partial charge >= 0.3 is 5.97 Å². The fourth-order valence-electron chi connectivity index (χ4n) is 4.79. The van der Waals surface area contributed by atoms with E-state index in [1.807, 2.05) is 36.4 Å². The second-order valence-electron chi connectivity index (χ2n) is 8.95. The molecule has 32 heavy (non-hydrogen) atoms. The van der Waals surface area contributed by atoms with E-state index in [1.54, 1.807) is 6.07 Å². The summed E-state index contributed by atoms with van der Waals surface area (Å²) in [6.45, 7) is 5.51. The Bertz CT molecular complexity index is 868. The Labute approximate surface area is 191 Å². The van der Waals surface area contributed by atoms with Gasteiger partial charge in [-0.05, 0) is 87.2 Å². The summed E-state index contributed by atoms with van der Waals surface area (Å²) >= 11 is 0. The topological polar surface area (TPSA) is 48.0 Å². The molecule has 1 saturated heterocycles. The quantitative estimate of drug-likeness (QED) is 0.357. The molecule has 4 rings (SSSR count). The van der Waals surface area contributed by atoms with Crippen molar-refractivity contribution in [2.75, 3.05) is 26.2 Å². The molecule has 1 heterocycles. The van der Waals surface area contributed by atoms with Gasteiger partial charge < -0.3 is 14.2 Å². The van der Waals surface area contributed by atoms with Crippen molar-refractivity contribution in [3.63, 3.8) is 0 Å². The van der Waals surface area contributed by atoms with Crippen molar-refractivity contribution >= 4 is 5.97 Å². The van der Waals surface area contributed by atoms with Crippen LogP contribution in [0.2, 0.25) is 0 Å². The van der Waals surface area contributed by atoms with Crippen molar-refractivity contribution in [1.82, 2.24) is 4.90 Å². The number of esters is 1. The van der Waals surface area contributed by atoms with Crippen LogP contribution in [0.1, 0.15) is 69.8 Å². The van der Waals surface area contributed by atoms with Crippen LogP contribution in [0, 0.1) is 0 Å². The average Bonchev–Trinajstić information content (AvgIpc) is 2.82. The third-order valence-corrected chi connectivity index (χ3v) is 6.46. The minimum Gasteiger partial charge on any atom is -0.492 e. The molecule has 0 atom stereocenters. The summed E-state index contributed by atoms with van der Waals surface area (Å²) in [4.78, 5) is 13.9. The van der Waals surface area contributed by atoms with Crippen LogP contribution in [0.5, 0.6) is 23.0 Å². The first-order valence-electron chi connectivity index (χ1n) is 12.1. The van der Waals surface area contributed by atoms with Crippen molar-refractivity contribution in [3.05, 3.63) is 48.0 Å². The molecule has 2 aromatic rings. The molecule has 0 amide bonds. The summed E-state index contributed by atoms with van der Waals surface area (Å²) in [6.07, 6.45) is 9.99. The summed E-state index contributed by atoms with van der Waals surface area (Å²) in [5, 5.41) is 0. The lowest BCUT2D eigenvalue weighted by molar-refractivity contribution is -0.131. The van der Waals surface area contributed by atoms with Gasteiger partial charge in [0.05, 0.1) is 0 Å². The fraction of sp³-hybridized carbons (Fsp3) is 0.519. The fourth-order valence-corrected chi connectivity index (χ4v) is 4.79. The SMILES string of the molecule is CC(=O)Oc1ccc(Oc2ccc(OCCN3CCCCC3)cc2)c(C2CCCCC2)c1. The third-order valence-electron chi connectivity index (χ3n) is 6.46. The minimum atomic E-state index is -0.302. The van der Waals surface area contributed by atoms with Crippen LogP contribution in [0.25, 0.3) is 0 Å². The van der Waals surface area contributed by atoms with E-state index in [0.29, 0.717) is 18.3 Å². The molecule has 1 saturated carbocycles. The number of hydrogen-bond donors (Lipinski definition) is 0. The average molecular weight is 438 g/mol. The maximum atomic E-state index is 11.4. The Hall–Kier alpha value is -2.53. The molecule has 5 heteroatoms. The van der Waals surface area contributed by atoms with Gasteiger partial charge in [0, 0.05) is 19.0 Å². The number of piperidine rings is 1. The molecule has 0 aromatic heterocycles. The molecule has 0 radical (unpaired) electrons. The third kappa shape index (κ3) is 6.49. The van der Waals surface area contributed by atoms with Crippen LogP contribution in [0.3, 0.4) is 0 Å². The van der Waals surface area contributed by atoms with Crippen LogP contribution in [0.4, 0.5) is 0 Å². The number of carbonyl (C=O) groups excluding carboxylic acids is 1. The van der Waals surface area contributed by atoms with Crippen LogP contribution in [-0.4, -0.2) is 37.1 Å². The highest BCUT2D eigenvalue weighted by molar-refractivity contribution is 5.69. The van der Waals surface area contributed by atoms with E-state index in [2.05, 4.69) is 4.90 Å². The molecule has 0 spiro atoms. The van der Waals surface area contributed by atoms with E-state index in [9.17, 15) is 4.79 Å². The molecule has 172 valence electrons. The highest BCUT2D eigenvalue weighted by Crippen LogP contribution is 2.41. The monoisotopic (exact) mass is 437 g/mol. The Kier molecular flexibility index (Phi) is 8.05. The number of rotatable bonds is 8. The Balaban J connectivity index is 1.39. The number of likely N-dealkylation sites (tertiary alicyclic amines) is 1. The van der Waals surface area contributed by atoms with Gasteiger partial charge in [0.1, 0.15) is 29.6 Å². The molecular formula is C27H35NO4. The lowest BCUT2D eigenvalue weighted by atomic mass is 9.83. The first-order chi connectivity index (χ1) is 15.7. The predicted octanol–water partition coefficient (Wildman–Crippen LogP) is 6.32. The molecule has 1 aliphatic heterocycles. The van der Waals surface area contributed by atoms with Crippen molar-refractivity contribution in [1.29, 1.82) is 0 Å². The highest BCUT2D eigenvalue weighted by atomic mass is 16.5. The molecule has 0 N–H and O–H groups in total. The normalized spacial score (nSPS) is 17.7. The summed E-state index contributed by atoms with van der Waals surface area (Å²) in [5.41, 5.74) is 1.13. The Morgan fingerprint density at radius 3 is 2.25 bits per heavy atom. The van der Waals surface area contributed by atoms with Crippen LogP contribution >= 0.6 is 0 Å². The standard InChI is InChI=1S/C27H35NO4/c1-21(29)31-25-14-15-27(26(20-25)22-8-4-2-5-9-22)32-24-12-10-23(11-13-24)30-19-18-28-16-6-3-7-17-28/h10-15,20,22H,2-9,16-19H2,1H3. The van der Waals surface area contributed by atoms with E-state index in [0.717, 1.165) is 42.2 Å². The zero-order valence-electron chi connectivity index (χ0n) is 19.2. The van der Waals surface area contributed by atoms with E-state index < -0.39 is 0 Å². The summed E-state index contributed by atoms with van der Waals surface area (Å²) in [5.74, 6) is 3.21. The van der Waals surface area contributed by atoms with Crippen molar-refractivity contribution in [2.45, 2.75) is 64.2 Å². The first kappa shape index (κ1) is 22.7. The van der Waals surface area contributed by atoms with Gasteiger partial charge in [-0.3, -0.25) is 9.69 Å². The van der Waals surface area contributed by atoms with Gasteiger partial charge in [0.2, 0.25) is 0 Å². The molecule has 0 bridgehead atoms. The zero-order chi connectivity index (χ0) is 22.2. The summed E-state index contributed by atoms with van der Waals surface area (Å²) in [6, 6.07) is 13.6. The van der Waals surface area contributed by atoms with Crippen molar-refractivity contribution < 1.29 is 19.0 Å². The molecule has 2 fully saturated rings. The van der Waals surface area contributed by atoms with E-state index >= 15 is 0 Å². The largest absolute Gasteiger partial charge is 0.492 e. The minimum absolute atomic E-state index is 0.302. The van der Waals surface area contributed by atoms with Crippen molar-refractivity contribution in [2.24, 2.45) is 0 Å². The molecule has 2 aromatic carbocycles. The van der Waals surface area contributed by atoms with Gasteiger partial charge in [-0.25, -0.2) is 0 Å². The maximum absolute atomic E-state index is 11.4. The van der Waals surface area contributed by atoms with E-state index in [4.69, 9.17) is 14.2 Å². The van der Waals surface area contributed by atoms with Crippen LogP contribution < -0.4 is 14.2 Å². The highest BCUT2D eigenvalue weighted by Gasteiger charge is 2.21. The summed E-state index contributed by atoms with van der Waals surface area (Å²) < 4.78 is 17.5.